The Morgan fingerprint density at radius 1 is 1.17 bits per heavy atom. The Hall–Kier alpha value is -1.80. The molecule has 1 aromatic rings. The molecule has 3 rings (SSSR count). The molecule has 2 aliphatic rings. The molecule has 1 unspecified atom stereocenters. The minimum Gasteiger partial charge on any atom is -0.325 e. The molecule has 0 aromatic heterocycles. The third-order valence-electron chi connectivity index (χ3n) is 3.55. The molecule has 0 amide bonds. The summed E-state index contributed by atoms with van der Waals surface area (Å²) in [5, 5.41) is 0. The van der Waals surface area contributed by atoms with Crippen LogP contribution in [0.3, 0.4) is 0 Å². The van der Waals surface area contributed by atoms with Crippen LogP contribution in [-0.2, 0) is 0 Å². The van der Waals surface area contributed by atoms with E-state index in [0.29, 0.717) is 0 Å². The van der Waals surface area contributed by atoms with Gasteiger partial charge in [-0.2, -0.15) is 0 Å². The minimum atomic E-state index is -0.0574. The molecule has 0 fully saturated rings. The summed E-state index contributed by atoms with van der Waals surface area (Å²) in [6.07, 6.45) is 10.7. The molecule has 2 nitrogen and oxygen atoms in total. The number of allylic oxidation sites excluding steroid dienone is 5. The quantitative estimate of drug-likeness (QED) is 0.813. The summed E-state index contributed by atoms with van der Waals surface area (Å²) in [6, 6.07) is 8.58. The Kier molecular flexibility index (Phi) is 2.80. The molecule has 0 spiro atoms. The number of aryl methyl sites for hydroxylation is 1. The fourth-order valence-electron chi connectivity index (χ4n) is 2.58. The lowest BCUT2D eigenvalue weighted by molar-refractivity contribution is 0.726. The van der Waals surface area contributed by atoms with E-state index in [9.17, 15) is 0 Å². The van der Waals surface area contributed by atoms with E-state index in [-0.39, 0.29) is 6.17 Å². The normalized spacial score (nSPS) is 22.3. The van der Waals surface area contributed by atoms with Gasteiger partial charge in [-0.1, -0.05) is 35.9 Å². The van der Waals surface area contributed by atoms with Gasteiger partial charge >= 0.3 is 0 Å². The molecular formula is C16H18N2. The van der Waals surface area contributed by atoms with Gasteiger partial charge in [0.2, 0.25) is 0 Å². The summed E-state index contributed by atoms with van der Waals surface area (Å²) < 4.78 is 0. The fraction of sp³-hybridized carbons (Fsp3) is 0.250. The zero-order valence-electron chi connectivity index (χ0n) is 10.6. The number of nitrogens with two attached hydrogens (primary N) is 1. The van der Waals surface area contributed by atoms with Crippen molar-refractivity contribution in [3.63, 3.8) is 0 Å². The Labute approximate surface area is 108 Å². The predicted molar refractivity (Wildman–Crippen MR) is 76.2 cm³/mol. The first-order chi connectivity index (χ1) is 8.75. The molecule has 0 saturated heterocycles. The number of benzene rings is 1. The average molecular weight is 238 g/mol. The third kappa shape index (κ3) is 1.89. The first-order valence-electron chi connectivity index (χ1n) is 6.45. The van der Waals surface area contributed by atoms with Crippen LogP contribution >= 0.6 is 0 Å². The maximum absolute atomic E-state index is 6.24. The van der Waals surface area contributed by atoms with Crippen LogP contribution in [0.15, 0.2) is 59.8 Å². The van der Waals surface area contributed by atoms with E-state index < -0.39 is 0 Å². The first-order valence-corrected chi connectivity index (χ1v) is 6.45. The standard InChI is InChI=1S/C16H18N2/c1-12-6-9-14(10-7-12)18-15-5-3-2-4-13(15)8-11-16(18)17/h2,4,6-11,16H,3,5,17H2,1H3. The molecule has 1 heterocycles. The van der Waals surface area contributed by atoms with Gasteiger partial charge in [0.25, 0.3) is 0 Å². The second-order valence-electron chi connectivity index (χ2n) is 4.90. The number of nitrogens with zero attached hydrogens (tertiary/aromatic N) is 1. The summed E-state index contributed by atoms with van der Waals surface area (Å²) in [6.45, 7) is 2.11. The minimum absolute atomic E-state index is 0.0574. The monoisotopic (exact) mass is 238 g/mol. The smallest absolute Gasteiger partial charge is 0.101 e. The number of anilines is 1. The van der Waals surface area contributed by atoms with Gasteiger partial charge < -0.3 is 10.6 Å². The van der Waals surface area contributed by atoms with Crippen LogP contribution in [-0.4, -0.2) is 6.17 Å². The van der Waals surface area contributed by atoms with Crippen molar-refractivity contribution >= 4 is 5.69 Å². The van der Waals surface area contributed by atoms with Crippen molar-refractivity contribution in [2.45, 2.75) is 25.9 Å². The molecule has 0 radical (unpaired) electrons. The molecule has 18 heavy (non-hydrogen) atoms. The van der Waals surface area contributed by atoms with Gasteiger partial charge in [-0.15, -0.1) is 0 Å². The van der Waals surface area contributed by atoms with Crippen LogP contribution in [0.5, 0.6) is 0 Å². The van der Waals surface area contributed by atoms with Crippen molar-refractivity contribution in [1.82, 2.24) is 0 Å². The Morgan fingerprint density at radius 2 is 1.94 bits per heavy atom. The van der Waals surface area contributed by atoms with Crippen LogP contribution in [0.4, 0.5) is 5.69 Å². The average Bonchev–Trinajstić information content (AvgIpc) is 2.40. The van der Waals surface area contributed by atoms with Gasteiger partial charge in [-0.3, -0.25) is 0 Å². The molecule has 2 heteroatoms. The van der Waals surface area contributed by atoms with Gasteiger partial charge in [-0.05, 0) is 43.5 Å². The summed E-state index contributed by atoms with van der Waals surface area (Å²) in [4.78, 5) is 2.25. The highest BCUT2D eigenvalue weighted by molar-refractivity contribution is 5.60. The van der Waals surface area contributed by atoms with E-state index >= 15 is 0 Å². The van der Waals surface area contributed by atoms with Crippen LogP contribution in [0, 0.1) is 6.92 Å². The van der Waals surface area contributed by atoms with Gasteiger partial charge in [0.05, 0.1) is 0 Å². The van der Waals surface area contributed by atoms with Crippen LogP contribution in [0.1, 0.15) is 18.4 Å². The van der Waals surface area contributed by atoms with Crippen LogP contribution in [0.2, 0.25) is 0 Å². The van der Waals surface area contributed by atoms with E-state index in [1.165, 1.54) is 22.5 Å². The van der Waals surface area contributed by atoms with E-state index in [1.807, 2.05) is 0 Å². The molecule has 0 bridgehead atoms. The van der Waals surface area contributed by atoms with Crippen LogP contribution in [0.25, 0.3) is 0 Å². The predicted octanol–water partition coefficient (Wildman–Crippen LogP) is 3.26. The fourth-order valence-corrected chi connectivity index (χ4v) is 2.58. The van der Waals surface area contributed by atoms with E-state index in [0.717, 1.165) is 12.8 Å². The van der Waals surface area contributed by atoms with E-state index in [4.69, 9.17) is 5.73 Å². The molecule has 1 atom stereocenters. The van der Waals surface area contributed by atoms with Crippen molar-refractivity contribution in [3.05, 3.63) is 65.4 Å². The largest absolute Gasteiger partial charge is 0.325 e. The molecule has 1 aliphatic heterocycles. The lowest BCUT2D eigenvalue weighted by Crippen LogP contribution is -2.42. The Balaban J connectivity index is 2.04. The van der Waals surface area contributed by atoms with Gasteiger partial charge in [0.1, 0.15) is 6.17 Å². The van der Waals surface area contributed by atoms with Gasteiger partial charge in [-0.25, -0.2) is 0 Å². The maximum atomic E-state index is 6.24. The number of hydrogen-bond donors (Lipinski definition) is 1. The third-order valence-corrected chi connectivity index (χ3v) is 3.55. The first kappa shape index (κ1) is 11.3. The van der Waals surface area contributed by atoms with Gasteiger partial charge in [0, 0.05) is 11.4 Å². The highest BCUT2D eigenvalue weighted by atomic mass is 15.2. The van der Waals surface area contributed by atoms with Crippen LogP contribution < -0.4 is 10.6 Å². The lowest BCUT2D eigenvalue weighted by Gasteiger charge is -2.36. The van der Waals surface area contributed by atoms with Crippen molar-refractivity contribution < 1.29 is 0 Å². The maximum Gasteiger partial charge on any atom is 0.101 e. The lowest BCUT2D eigenvalue weighted by atomic mass is 9.97. The highest BCUT2D eigenvalue weighted by Crippen LogP contribution is 2.32. The number of hydrogen-bond acceptors (Lipinski definition) is 2. The van der Waals surface area contributed by atoms with Crippen molar-refractivity contribution in [2.24, 2.45) is 5.73 Å². The summed E-state index contributed by atoms with van der Waals surface area (Å²) in [7, 11) is 0. The molecule has 92 valence electrons. The van der Waals surface area contributed by atoms with Gasteiger partial charge in [0.15, 0.2) is 0 Å². The summed E-state index contributed by atoms with van der Waals surface area (Å²) in [5.74, 6) is 0. The van der Waals surface area contributed by atoms with E-state index in [1.54, 1.807) is 0 Å². The second kappa shape index (κ2) is 4.46. The summed E-state index contributed by atoms with van der Waals surface area (Å²) in [5.41, 5.74) is 11.3. The SMILES string of the molecule is Cc1ccc(N2C3=C(C=CCC3)C=CC2N)cc1. The van der Waals surface area contributed by atoms with Crippen molar-refractivity contribution in [3.8, 4) is 0 Å². The summed E-state index contributed by atoms with van der Waals surface area (Å²) >= 11 is 0. The second-order valence-corrected chi connectivity index (χ2v) is 4.90. The van der Waals surface area contributed by atoms with E-state index in [2.05, 4.69) is 60.4 Å². The van der Waals surface area contributed by atoms with Crippen molar-refractivity contribution in [2.75, 3.05) is 4.90 Å². The zero-order chi connectivity index (χ0) is 12.5. The molecule has 1 aromatic carbocycles. The zero-order valence-corrected chi connectivity index (χ0v) is 10.6. The Bertz CT molecular complexity index is 535. The Morgan fingerprint density at radius 3 is 2.72 bits per heavy atom. The topological polar surface area (TPSA) is 29.3 Å². The molecule has 0 saturated carbocycles. The molecular weight excluding hydrogens is 220 g/mol. The highest BCUT2D eigenvalue weighted by Gasteiger charge is 2.23. The number of rotatable bonds is 1. The molecule has 2 N–H and O–H groups in total. The van der Waals surface area contributed by atoms with Crippen molar-refractivity contribution in [1.29, 1.82) is 0 Å². The molecule has 1 aliphatic carbocycles.